The molecule has 0 atom stereocenters. The van der Waals surface area contributed by atoms with Crippen molar-refractivity contribution in [3.05, 3.63) is 69.5 Å². The molecule has 0 aliphatic carbocycles. The zero-order chi connectivity index (χ0) is 22.2. The number of thioether (sulfide) groups is 1. The van der Waals surface area contributed by atoms with Gasteiger partial charge in [0.15, 0.2) is 10.1 Å². The van der Waals surface area contributed by atoms with Crippen LogP contribution >= 0.6 is 34.4 Å². The van der Waals surface area contributed by atoms with Crippen LogP contribution < -0.4 is 10.9 Å². The molecular weight excluding hydrogens is 466 g/mol. The van der Waals surface area contributed by atoms with Crippen molar-refractivity contribution in [2.24, 2.45) is 0 Å². The molecule has 1 amide bonds. The van der Waals surface area contributed by atoms with Gasteiger partial charge in [-0.2, -0.15) is 9.61 Å². The van der Waals surface area contributed by atoms with E-state index in [0.29, 0.717) is 22.1 Å². The molecule has 0 bridgehead atoms. The Hall–Kier alpha value is -3.02. The average Bonchev–Trinajstić information content (AvgIpc) is 3.50. The summed E-state index contributed by atoms with van der Waals surface area (Å²) in [4.78, 5) is 34.4. The van der Waals surface area contributed by atoms with Crippen molar-refractivity contribution < 1.29 is 9.21 Å². The Bertz CT molecular complexity index is 1480. The monoisotopic (exact) mass is 483 g/mol. The first-order valence-electron chi connectivity index (χ1n) is 9.74. The van der Waals surface area contributed by atoms with E-state index in [4.69, 9.17) is 4.42 Å². The summed E-state index contributed by atoms with van der Waals surface area (Å²) in [7, 11) is 0. The first kappa shape index (κ1) is 20.9. The topological polar surface area (TPSA) is 102 Å². The highest BCUT2D eigenvalue weighted by molar-refractivity contribution is 8.00. The highest BCUT2D eigenvalue weighted by atomic mass is 32.2. The lowest BCUT2D eigenvalue weighted by Crippen LogP contribution is -2.15. The molecule has 8 nitrogen and oxygen atoms in total. The molecule has 4 heterocycles. The molecule has 0 fully saturated rings. The third-order valence-corrected chi connectivity index (χ3v) is 7.93. The van der Waals surface area contributed by atoms with Crippen LogP contribution in [0.1, 0.15) is 41.0 Å². The van der Waals surface area contributed by atoms with Crippen LogP contribution in [0.25, 0.3) is 15.2 Å². The van der Waals surface area contributed by atoms with Gasteiger partial charge in [0, 0.05) is 23.4 Å². The number of fused-ring (bicyclic) bond motifs is 2. The molecule has 0 aliphatic rings. The maximum atomic E-state index is 12.4. The molecule has 0 radical (unpaired) electrons. The summed E-state index contributed by atoms with van der Waals surface area (Å²) in [5.41, 5.74) is 2.05. The van der Waals surface area contributed by atoms with Crippen LogP contribution in [0.4, 0.5) is 5.69 Å². The van der Waals surface area contributed by atoms with Crippen molar-refractivity contribution in [3.8, 4) is 0 Å². The van der Waals surface area contributed by atoms with Gasteiger partial charge >= 0.3 is 0 Å². The molecule has 0 aliphatic heterocycles. The highest BCUT2D eigenvalue weighted by Crippen LogP contribution is 2.33. The van der Waals surface area contributed by atoms with Crippen molar-refractivity contribution in [2.75, 3.05) is 5.32 Å². The fourth-order valence-electron chi connectivity index (χ4n) is 2.96. The number of rotatable bonds is 6. The van der Waals surface area contributed by atoms with E-state index in [2.05, 4.69) is 20.4 Å². The molecule has 0 saturated heterocycles. The molecule has 32 heavy (non-hydrogen) atoms. The summed E-state index contributed by atoms with van der Waals surface area (Å²) in [5.74, 6) is 0.732. The Labute approximate surface area is 194 Å². The predicted octanol–water partition coefficient (Wildman–Crippen LogP) is 5.02. The quantitative estimate of drug-likeness (QED) is 0.338. The minimum absolute atomic E-state index is 0.171. The van der Waals surface area contributed by atoms with Crippen molar-refractivity contribution in [2.45, 2.75) is 29.9 Å². The molecule has 0 saturated carbocycles. The second-order valence-corrected chi connectivity index (χ2v) is 10.5. The van der Waals surface area contributed by atoms with Crippen molar-refractivity contribution in [3.63, 3.8) is 0 Å². The SMILES string of the molecule is CC(C)c1nn2c(=O)cc(CSc3nc4ccc(NC(=O)c5ccco5)cc4s3)nc2s1. The molecule has 4 aromatic heterocycles. The number of nitrogens with zero attached hydrogens (tertiary/aromatic N) is 4. The number of hydrogen-bond donors (Lipinski definition) is 1. The third kappa shape index (κ3) is 4.18. The van der Waals surface area contributed by atoms with Gasteiger partial charge in [-0.3, -0.25) is 9.59 Å². The van der Waals surface area contributed by atoms with Crippen LogP contribution in [0, 0.1) is 0 Å². The van der Waals surface area contributed by atoms with E-state index in [1.165, 1.54) is 51.3 Å². The minimum atomic E-state index is -0.301. The fraction of sp³-hybridized carbons (Fsp3) is 0.190. The van der Waals surface area contributed by atoms with Gasteiger partial charge in [-0.1, -0.05) is 36.9 Å². The second kappa shape index (κ2) is 8.49. The number of hydrogen-bond acceptors (Lipinski definition) is 9. The van der Waals surface area contributed by atoms with E-state index in [0.717, 1.165) is 19.6 Å². The van der Waals surface area contributed by atoms with E-state index in [-0.39, 0.29) is 23.1 Å². The summed E-state index contributed by atoms with van der Waals surface area (Å²) >= 11 is 4.50. The number of carbonyl (C=O) groups excluding carboxylic acids is 1. The maximum absolute atomic E-state index is 12.4. The number of carbonyl (C=O) groups is 1. The van der Waals surface area contributed by atoms with Crippen LogP contribution in [0.3, 0.4) is 0 Å². The molecule has 0 unspecified atom stereocenters. The van der Waals surface area contributed by atoms with E-state index in [9.17, 15) is 9.59 Å². The van der Waals surface area contributed by atoms with E-state index >= 15 is 0 Å². The van der Waals surface area contributed by atoms with Gasteiger partial charge in [-0.15, -0.1) is 11.3 Å². The predicted molar refractivity (Wildman–Crippen MR) is 127 cm³/mol. The Morgan fingerprint density at radius 3 is 2.88 bits per heavy atom. The molecule has 5 aromatic rings. The van der Waals surface area contributed by atoms with E-state index in [1.807, 2.05) is 32.0 Å². The zero-order valence-corrected chi connectivity index (χ0v) is 19.5. The zero-order valence-electron chi connectivity index (χ0n) is 17.1. The number of furan rings is 1. The summed E-state index contributed by atoms with van der Waals surface area (Å²) in [6.07, 6.45) is 1.46. The maximum Gasteiger partial charge on any atom is 0.291 e. The molecule has 162 valence electrons. The lowest BCUT2D eigenvalue weighted by Gasteiger charge is -2.02. The lowest BCUT2D eigenvalue weighted by atomic mass is 10.2. The van der Waals surface area contributed by atoms with Gasteiger partial charge in [0.2, 0.25) is 4.96 Å². The highest BCUT2D eigenvalue weighted by Gasteiger charge is 2.13. The molecule has 5 rings (SSSR count). The number of aromatic nitrogens is 4. The minimum Gasteiger partial charge on any atom is -0.459 e. The third-order valence-electron chi connectivity index (χ3n) is 4.52. The first-order chi connectivity index (χ1) is 15.5. The molecular formula is C21H17N5O3S3. The summed E-state index contributed by atoms with van der Waals surface area (Å²) in [6.45, 7) is 4.08. The number of amides is 1. The van der Waals surface area contributed by atoms with Crippen LogP contribution in [-0.4, -0.2) is 25.5 Å². The smallest absolute Gasteiger partial charge is 0.291 e. The Balaban J connectivity index is 1.32. The molecule has 0 spiro atoms. The first-order valence-corrected chi connectivity index (χ1v) is 12.4. The van der Waals surface area contributed by atoms with Gasteiger partial charge in [-0.25, -0.2) is 9.97 Å². The Kier molecular flexibility index (Phi) is 5.53. The Morgan fingerprint density at radius 2 is 2.09 bits per heavy atom. The molecule has 1 N–H and O–H groups in total. The van der Waals surface area contributed by atoms with Gasteiger partial charge in [0.1, 0.15) is 5.01 Å². The number of nitrogens with one attached hydrogen (secondary N) is 1. The Morgan fingerprint density at radius 1 is 1.22 bits per heavy atom. The van der Waals surface area contributed by atoms with Crippen molar-refractivity contribution in [1.82, 2.24) is 19.6 Å². The average molecular weight is 484 g/mol. The second-order valence-electron chi connectivity index (χ2n) is 7.26. The van der Waals surface area contributed by atoms with Gasteiger partial charge in [-0.05, 0) is 30.3 Å². The van der Waals surface area contributed by atoms with E-state index in [1.54, 1.807) is 12.1 Å². The molecule has 1 aromatic carbocycles. The van der Waals surface area contributed by atoms with Gasteiger partial charge in [0.05, 0.1) is 22.2 Å². The van der Waals surface area contributed by atoms with Crippen molar-refractivity contribution in [1.29, 1.82) is 0 Å². The van der Waals surface area contributed by atoms with Crippen LogP contribution in [0.2, 0.25) is 0 Å². The number of anilines is 1. The van der Waals surface area contributed by atoms with Gasteiger partial charge in [0.25, 0.3) is 11.5 Å². The van der Waals surface area contributed by atoms with E-state index < -0.39 is 0 Å². The summed E-state index contributed by atoms with van der Waals surface area (Å²) in [5, 5.41) is 8.07. The normalized spacial score (nSPS) is 11.6. The fourth-order valence-corrected chi connectivity index (χ4v) is 5.88. The van der Waals surface area contributed by atoms with Crippen molar-refractivity contribution >= 4 is 61.2 Å². The number of thiazole rings is 1. The molecule has 11 heteroatoms. The summed E-state index contributed by atoms with van der Waals surface area (Å²) < 4.78 is 8.31. The number of benzene rings is 1. The van der Waals surface area contributed by atoms with Gasteiger partial charge < -0.3 is 9.73 Å². The summed E-state index contributed by atoms with van der Waals surface area (Å²) in [6, 6.07) is 10.4. The largest absolute Gasteiger partial charge is 0.459 e. The lowest BCUT2D eigenvalue weighted by molar-refractivity contribution is 0.0996. The van der Waals surface area contributed by atoms with Crippen LogP contribution in [-0.2, 0) is 5.75 Å². The van der Waals surface area contributed by atoms with Crippen LogP contribution in [0.15, 0.2) is 56.2 Å². The standard InChI is InChI=1S/C21H17N5O3S3/c1-11(2)19-25-26-17(27)9-13(23-20(26)32-19)10-30-21-24-14-6-5-12(8-16(14)31-21)22-18(28)15-4-3-7-29-15/h3-9,11H,10H2,1-2H3,(H,22,28). The van der Waals surface area contributed by atoms with Crippen LogP contribution in [0.5, 0.6) is 0 Å².